The summed E-state index contributed by atoms with van der Waals surface area (Å²) < 4.78 is 4.78. The van der Waals surface area contributed by atoms with Crippen LogP contribution in [0, 0.1) is 13.8 Å². The Bertz CT molecular complexity index is 3680. The maximum atomic E-state index is 5.37. The molecule has 9 aromatic carbocycles. The highest BCUT2D eigenvalue weighted by atomic mass is 15.1. The molecule has 64 heavy (non-hydrogen) atoms. The van der Waals surface area contributed by atoms with Crippen LogP contribution in [0.2, 0.25) is 0 Å². The van der Waals surface area contributed by atoms with Gasteiger partial charge in [0.15, 0.2) is 17.5 Å². The minimum atomic E-state index is 0.597. The van der Waals surface area contributed by atoms with Crippen LogP contribution in [0.3, 0.4) is 0 Å². The standard InChI is InChI=1S/C59H41N5/c1-38-29-32-45(39(2)35-38)43-30-33-48-47-23-12-14-26-51(47)64(55(48)37-43)53-34-31-42(46-25-16-28-54-56(46)49-24-13-15-27-52(49)63(54)44-21-10-5-11-22-44)36-50(53)59-61-57(40-17-6-3-7-18-40)60-58(62-59)41-19-8-4-9-20-41/h3-37H,1-2H3. The van der Waals surface area contributed by atoms with E-state index in [0.29, 0.717) is 17.5 Å². The van der Waals surface area contributed by atoms with Gasteiger partial charge in [0.1, 0.15) is 0 Å². The summed E-state index contributed by atoms with van der Waals surface area (Å²) in [5, 5.41) is 4.76. The van der Waals surface area contributed by atoms with Crippen molar-refractivity contribution in [2.24, 2.45) is 0 Å². The Morgan fingerprint density at radius 1 is 0.328 bits per heavy atom. The Labute approximate surface area is 371 Å². The summed E-state index contributed by atoms with van der Waals surface area (Å²) in [6, 6.07) is 75.6. The Morgan fingerprint density at radius 2 is 0.891 bits per heavy atom. The molecule has 302 valence electrons. The molecule has 0 atom stereocenters. The van der Waals surface area contributed by atoms with Gasteiger partial charge in [-0.2, -0.15) is 0 Å². The van der Waals surface area contributed by atoms with Crippen molar-refractivity contribution >= 4 is 43.6 Å². The second-order valence-electron chi connectivity index (χ2n) is 16.6. The number of hydrogen-bond acceptors (Lipinski definition) is 3. The van der Waals surface area contributed by atoms with Crippen molar-refractivity contribution < 1.29 is 0 Å². The monoisotopic (exact) mass is 819 g/mol. The fourth-order valence-corrected chi connectivity index (χ4v) is 9.66. The fraction of sp³-hybridized carbons (Fsp3) is 0.0339. The van der Waals surface area contributed by atoms with E-state index in [2.05, 4.69) is 199 Å². The van der Waals surface area contributed by atoms with Gasteiger partial charge in [0.05, 0.1) is 27.8 Å². The highest BCUT2D eigenvalue weighted by molar-refractivity contribution is 6.16. The molecule has 0 fully saturated rings. The first-order chi connectivity index (χ1) is 31.6. The van der Waals surface area contributed by atoms with Gasteiger partial charge >= 0.3 is 0 Å². The molecule has 12 aromatic rings. The van der Waals surface area contributed by atoms with Crippen molar-refractivity contribution in [1.82, 2.24) is 24.1 Å². The van der Waals surface area contributed by atoms with E-state index in [4.69, 9.17) is 15.0 Å². The predicted molar refractivity (Wildman–Crippen MR) is 265 cm³/mol. The predicted octanol–water partition coefficient (Wildman–Crippen LogP) is 15.0. The number of hydrogen-bond donors (Lipinski definition) is 0. The van der Waals surface area contributed by atoms with E-state index in [1.165, 1.54) is 43.8 Å². The van der Waals surface area contributed by atoms with E-state index in [1.807, 2.05) is 36.4 Å². The lowest BCUT2D eigenvalue weighted by Crippen LogP contribution is -2.04. The first-order valence-electron chi connectivity index (χ1n) is 21.8. The number of fused-ring (bicyclic) bond motifs is 6. The van der Waals surface area contributed by atoms with Crippen molar-refractivity contribution in [1.29, 1.82) is 0 Å². The zero-order valence-electron chi connectivity index (χ0n) is 35.4. The highest BCUT2D eigenvalue weighted by Crippen LogP contribution is 2.43. The lowest BCUT2D eigenvalue weighted by molar-refractivity contribution is 1.06. The summed E-state index contributed by atoms with van der Waals surface area (Å²) in [6.07, 6.45) is 0. The second kappa shape index (κ2) is 15.2. The van der Waals surface area contributed by atoms with Crippen molar-refractivity contribution in [2.75, 3.05) is 0 Å². The molecule has 3 heterocycles. The molecule has 0 spiro atoms. The molecule has 0 aliphatic heterocycles. The van der Waals surface area contributed by atoms with Gasteiger partial charge in [-0.15, -0.1) is 0 Å². The Morgan fingerprint density at radius 3 is 1.59 bits per heavy atom. The lowest BCUT2D eigenvalue weighted by atomic mass is 9.96. The van der Waals surface area contributed by atoms with E-state index in [0.717, 1.165) is 61.3 Å². The number of rotatable bonds is 7. The second-order valence-corrected chi connectivity index (χ2v) is 16.6. The van der Waals surface area contributed by atoms with Crippen molar-refractivity contribution in [2.45, 2.75) is 13.8 Å². The minimum absolute atomic E-state index is 0.597. The average molecular weight is 820 g/mol. The van der Waals surface area contributed by atoms with E-state index < -0.39 is 0 Å². The molecule has 0 amide bonds. The molecule has 0 aliphatic carbocycles. The molecule has 0 unspecified atom stereocenters. The van der Waals surface area contributed by atoms with Crippen LogP contribution < -0.4 is 0 Å². The first kappa shape index (κ1) is 37.4. The molecule has 12 rings (SSSR count). The van der Waals surface area contributed by atoms with Gasteiger partial charge < -0.3 is 9.13 Å². The lowest BCUT2D eigenvalue weighted by Gasteiger charge is -2.17. The molecule has 0 bridgehead atoms. The van der Waals surface area contributed by atoms with Crippen LogP contribution >= 0.6 is 0 Å². The van der Waals surface area contributed by atoms with Gasteiger partial charge in [0, 0.05) is 43.9 Å². The number of benzene rings is 9. The largest absolute Gasteiger partial charge is 0.309 e. The Balaban J connectivity index is 1.17. The zero-order chi connectivity index (χ0) is 42.7. The fourth-order valence-electron chi connectivity index (χ4n) is 9.66. The molecular formula is C59H41N5. The molecule has 0 radical (unpaired) electrons. The van der Waals surface area contributed by atoms with Crippen LogP contribution in [0.1, 0.15) is 11.1 Å². The SMILES string of the molecule is Cc1ccc(-c2ccc3c4ccccc4n(-c4ccc(-c5cccc6c5c5ccccc5n6-c5ccccc5)cc4-c4nc(-c5ccccc5)nc(-c5ccccc5)n4)c3c2)c(C)c1. The summed E-state index contributed by atoms with van der Waals surface area (Å²) in [6.45, 7) is 4.35. The van der Waals surface area contributed by atoms with Gasteiger partial charge in [-0.05, 0) is 90.2 Å². The van der Waals surface area contributed by atoms with Crippen LogP contribution in [0.4, 0.5) is 0 Å². The van der Waals surface area contributed by atoms with Gasteiger partial charge in [-0.1, -0.05) is 169 Å². The zero-order valence-corrected chi connectivity index (χ0v) is 35.4. The number of nitrogens with zero attached hydrogens (tertiary/aromatic N) is 5. The number of aryl methyl sites for hydroxylation is 2. The topological polar surface area (TPSA) is 48.5 Å². The van der Waals surface area contributed by atoms with Gasteiger partial charge in [0.25, 0.3) is 0 Å². The summed E-state index contributed by atoms with van der Waals surface area (Å²) in [5.74, 6) is 1.83. The summed E-state index contributed by atoms with van der Waals surface area (Å²) in [7, 11) is 0. The number of para-hydroxylation sites is 3. The summed E-state index contributed by atoms with van der Waals surface area (Å²) >= 11 is 0. The van der Waals surface area contributed by atoms with Crippen LogP contribution in [-0.4, -0.2) is 24.1 Å². The van der Waals surface area contributed by atoms with E-state index >= 15 is 0 Å². The number of aromatic nitrogens is 5. The Kier molecular flexibility index (Phi) is 8.87. The highest BCUT2D eigenvalue weighted by Gasteiger charge is 2.23. The van der Waals surface area contributed by atoms with E-state index in [-0.39, 0.29) is 0 Å². The summed E-state index contributed by atoms with van der Waals surface area (Å²) in [5.41, 5.74) is 16.5. The van der Waals surface area contributed by atoms with Crippen LogP contribution in [-0.2, 0) is 0 Å². The maximum absolute atomic E-state index is 5.37. The third-order valence-corrected chi connectivity index (χ3v) is 12.6. The smallest absolute Gasteiger partial charge is 0.166 e. The van der Waals surface area contributed by atoms with Gasteiger partial charge in [0.2, 0.25) is 0 Å². The van der Waals surface area contributed by atoms with Gasteiger partial charge in [-0.25, -0.2) is 15.0 Å². The quantitative estimate of drug-likeness (QED) is 0.161. The van der Waals surface area contributed by atoms with Crippen molar-refractivity contribution in [3.05, 3.63) is 223 Å². The molecular weight excluding hydrogens is 779 g/mol. The summed E-state index contributed by atoms with van der Waals surface area (Å²) in [4.78, 5) is 15.8. The molecule has 0 aliphatic rings. The van der Waals surface area contributed by atoms with Crippen LogP contribution in [0.15, 0.2) is 212 Å². The molecule has 0 saturated carbocycles. The molecule has 0 saturated heterocycles. The Hall–Kier alpha value is -8.41. The van der Waals surface area contributed by atoms with Crippen LogP contribution in [0.5, 0.6) is 0 Å². The minimum Gasteiger partial charge on any atom is -0.309 e. The normalized spacial score (nSPS) is 11.6. The molecule has 3 aromatic heterocycles. The average Bonchev–Trinajstić information content (AvgIpc) is 3.87. The molecule has 0 N–H and O–H groups in total. The van der Waals surface area contributed by atoms with E-state index in [9.17, 15) is 0 Å². The van der Waals surface area contributed by atoms with Crippen molar-refractivity contribution in [3.63, 3.8) is 0 Å². The molecule has 5 nitrogen and oxygen atoms in total. The maximum Gasteiger partial charge on any atom is 0.166 e. The van der Waals surface area contributed by atoms with Crippen LogP contribution in [0.25, 0.3) is 111 Å². The first-order valence-corrected chi connectivity index (χ1v) is 21.8. The van der Waals surface area contributed by atoms with Gasteiger partial charge in [-0.3, -0.25) is 0 Å². The van der Waals surface area contributed by atoms with E-state index in [1.54, 1.807) is 0 Å². The van der Waals surface area contributed by atoms with Crippen molar-refractivity contribution in [3.8, 4) is 67.8 Å². The molecule has 5 heteroatoms. The third kappa shape index (κ3) is 6.20. The third-order valence-electron chi connectivity index (χ3n) is 12.6.